The van der Waals surface area contributed by atoms with Crippen LogP contribution >= 0.6 is 0 Å². The molecule has 0 radical (unpaired) electrons. The molecule has 6 heteroatoms. The highest BCUT2D eigenvalue weighted by molar-refractivity contribution is 5.81. The first-order valence-corrected chi connectivity index (χ1v) is 10.4. The predicted octanol–water partition coefficient (Wildman–Crippen LogP) is 2.90. The molecule has 2 N–H and O–H groups in total. The van der Waals surface area contributed by atoms with Crippen LogP contribution in [-0.2, 0) is 9.53 Å². The number of hydrogen-bond donors (Lipinski definition) is 1. The Labute approximate surface area is 167 Å². The number of fused-ring (bicyclic) bond motifs is 4. The Balaban J connectivity index is 1.59. The Morgan fingerprint density at radius 3 is 2.93 bits per heavy atom. The summed E-state index contributed by atoms with van der Waals surface area (Å²) in [6, 6.07) is 5.62. The van der Waals surface area contributed by atoms with Gasteiger partial charge < -0.3 is 24.8 Å². The number of para-hydroxylation sites is 1. The zero-order valence-corrected chi connectivity index (χ0v) is 17.3. The van der Waals surface area contributed by atoms with Crippen LogP contribution in [-0.4, -0.2) is 48.8 Å². The molecule has 0 bridgehead atoms. The van der Waals surface area contributed by atoms with Crippen molar-refractivity contribution in [2.24, 2.45) is 17.6 Å². The average Bonchev–Trinajstić information content (AvgIpc) is 2.70. The van der Waals surface area contributed by atoms with Gasteiger partial charge in [0.25, 0.3) is 0 Å². The number of amides is 1. The van der Waals surface area contributed by atoms with Crippen LogP contribution in [0.5, 0.6) is 11.5 Å². The van der Waals surface area contributed by atoms with E-state index in [1.165, 1.54) is 0 Å². The van der Waals surface area contributed by atoms with Gasteiger partial charge in [0.2, 0.25) is 5.91 Å². The van der Waals surface area contributed by atoms with Gasteiger partial charge in [0, 0.05) is 30.5 Å². The second-order valence-electron chi connectivity index (χ2n) is 8.87. The number of hydrogen-bond acceptors (Lipinski definition) is 5. The summed E-state index contributed by atoms with van der Waals surface area (Å²) in [7, 11) is 1.67. The molecule has 1 aromatic rings. The van der Waals surface area contributed by atoms with Crippen LogP contribution in [0.4, 0.5) is 0 Å². The number of methoxy groups -OCH3 is 1. The third kappa shape index (κ3) is 3.16. The number of carbonyl (C=O) groups excluding carboxylic acids is 1. The monoisotopic (exact) mass is 388 g/mol. The van der Waals surface area contributed by atoms with Gasteiger partial charge >= 0.3 is 0 Å². The highest BCUT2D eigenvalue weighted by Gasteiger charge is 2.52. The van der Waals surface area contributed by atoms with Crippen LogP contribution in [0.25, 0.3) is 0 Å². The van der Waals surface area contributed by atoms with Gasteiger partial charge in [0.05, 0.1) is 25.4 Å². The molecule has 5 atom stereocenters. The van der Waals surface area contributed by atoms with Gasteiger partial charge in [-0.1, -0.05) is 19.1 Å². The van der Waals surface area contributed by atoms with Crippen LogP contribution in [0.1, 0.15) is 51.7 Å². The van der Waals surface area contributed by atoms with Gasteiger partial charge in [-0.2, -0.15) is 0 Å². The maximum absolute atomic E-state index is 12.6. The lowest BCUT2D eigenvalue weighted by Crippen LogP contribution is -2.57. The fourth-order valence-electron chi connectivity index (χ4n) is 5.06. The number of ether oxygens (including phenoxy) is 3. The summed E-state index contributed by atoms with van der Waals surface area (Å²) in [6.45, 7) is 7.65. The largest absolute Gasteiger partial charge is 0.493 e. The van der Waals surface area contributed by atoms with Crippen molar-refractivity contribution in [1.29, 1.82) is 0 Å². The summed E-state index contributed by atoms with van der Waals surface area (Å²) in [5, 5.41) is 0. The van der Waals surface area contributed by atoms with E-state index < -0.39 is 6.04 Å². The molecule has 28 heavy (non-hydrogen) atoms. The van der Waals surface area contributed by atoms with Crippen LogP contribution in [0, 0.1) is 11.8 Å². The maximum Gasteiger partial charge on any atom is 0.239 e. The predicted molar refractivity (Wildman–Crippen MR) is 106 cm³/mol. The zero-order valence-electron chi connectivity index (χ0n) is 17.3. The Morgan fingerprint density at radius 2 is 2.21 bits per heavy atom. The molecule has 0 spiro atoms. The molecule has 0 aliphatic carbocycles. The van der Waals surface area contributed by atoms with Crippen molar-refractivity contribution in [3.05, 3.63) is 23.8 Å². The molecule has 0 unspecified atom stereocenters. The maximum atomic E-state index is 12.6. The topological polar surface area (TPSA) is 74.0 Å². The van der Waals surface area contributed by atoms with E-state index in [1.807, 2.05) is 24.0 Å². The normalized spacial score (nSPS) is 31.7. The molecule has 6 nitrogen and oxygen atoms in total. The van der Waals surface area contributed by atoms with Crippen molar-refractivity contribution < 1.29 is 19.0 Å². The fraction of sp³-hybridized carbons (Fsp3) is 0.682. The third-order valence-corrected chi connectivity index (χ3v) is 6.77. The lowest BCUT2D eigenvalue weighted by molar-refractivity contribution is -0.189. The van der Waals surface area contributed by atoms with Crippen LogP contribution in [0.3, 0.4) is 0 Å². The average molecular weight is 389 g/mol. The van der Waals surface area contributed by atoms with Gasteiger partial charge in [-0.3, -0.25) is 4.79 Å². The molecule has 154 valence electrons. The van der Waals surface area contributed by atoms with Gasteiger partial charge in [-0.25, -0.2) is 0 Å². The minimum Gasteiger partial charge on any atom is -0.493 e. The van der Waals surface area contributed by atoms with Crippen LogP contribution in [0.15, 0.2) is 18.2 Å². The lowest BCUT2D eigenvalue weighted by Gasteiger charge is -2.53. The number of carbonyl (C=O) groups is 1. The first-order valence-electron chi connectivity index (χ1n) is 10.4. The highest BCUT2D eigenvalue weighted by atomic mass is 16.5. The van der Waals surface area contributed by atoms with E-state index in [9.17, 15) is 4.79 Å². The van der Waals surface area contributed by atoms with Gasteiger partial charge in [0.15, 0.2) is 11.5 Å². The molecule has 3 heterocycles. The van der Waals surface area contributed by atoms with Crippen molar-refractivity contribution in [2.45, 2.75) is 63.9 Å². The van der Waals surface area contributed by atoms with Crippen molar-refractivity contribution in [3.8, 4) is 11.5 Å². The van der Waals surface area contributed by atoms with Crippen molar-refractivity contribution in [2.75, 3.05) is 20.2 Å². The standard InChI is InChI=1S/C22H32N2O4/c1-5-16(23)21(25)24-10-9-17-13(12-24)11-15-19(27-17)14-7-6-8-18(26-4)20(14)28-22(15,2)3/h6-8,13,15-17,19H,5,9-12,23H2,1-4H3/t13-,15+,16+,17+,19-/m0/s1. The molecule has 0 aromatic heterocycles. The summed E-state index contributed by atoms with van der Waals surface area (Å²) in [6.07, 6.45) is 2.66. The Hall–Kier alpha value is -1.79. The Kier molecular flexibility index (Phi) is 5.04. The van der Waals surface area contributed by atoms with Gasteiger partial charge in [0.1, 0.15) is 5.60 Å². The summed E-state index contributed by atoms with van der Waals surface area (Å²) < 4.78 is 18.6. The number of piperidine rings is 1. The molecule has 4 rings (SSSR count). The first-order chi connectivity index (χ1) is 13.4. The van der Waals surface area contributed by atoms with E-state index in [1.54, 1.807) is 7.11 Å². The van der Waals surface area contributed by atoms with E-state index >= 15 is 0 Å². The van der Waals surface area contributed by atoms with E-state index in [2.05, 4.69) is 19.9 Å². The molecule has 3 aliphatic rings. The minimum atomic E-state index is -0.400. The van der Waals surface area contributed by atoms with Crippen molar-refractivity contribution in [3.63, 3.8) is 0 Å². The molecule has 2 fully saturated rings. The van der Waals surface area contributed by atoms with Gasteiger partial charge in [-0.15, -0.1) is 0 Å². The minimum absolute atomic E-state index is 0.00440. The molecule has 3 aliphatic heterocycles. The summed E-state index contributed by atoms with van der Waals surface area (Å²) >= 11 is 0. The quantitative estimate of drug-likeness (QED) is 0.862. The number of nitrogens with two attached hydrogens (primary N) is 1. The summed E-state index contributed by atoms with van der Waals surface area (Å²) in [5.74, 6) is 2.17. The van der Waals surface area contributed by atoms with Crippen LogP contribution < -0.4 is 15.2 Å². The molecular formula is C22H32N2O4. The Morgan fingerprint density at radius 1 is 1.43 bits per heavy atom. The third-order valence-electron chi connectivity index (χ3n) is 6.77. The van der Waals surface area contributed by atoms with E-state index in [-0.39, 0.29) is 29.6 Å². The molecule has 0 saturated carbocycles. The second kappa shape index (κ2) is 7.23. The second-order valence-corrected chi connectivity index (χ2v) is 8.87. The van der Waals surface area contributed by atoms with E-state index in [0.29, 0.717) is 12.3 Å². The number of likely N-dealkylation sites (tertiary alicyclic amines) is 1. The Bertz CT molecular complexity index is 750. The SMILES string of the molecule is CC[C@@H](N)C(=O)N1CC[C@H]2O[C@H]3c4cccc(OC)c4OC(C)(C)[C@@H]3C[C@H]2C1. The van der Waals surface area contributed by atoms with Crippen LogP contribution in [0.2, 0.25) is 0 Å². The molecular weight excluding hydrogens is 356 g/mol. The highest BCUT2D eigenvalue weighted by Crippen LogP contribution is 2.55. The van der Waals surface area contributed by atoms with Crippen molar-refractivity contribution in [1.82, 2.24) is 4.90 Å². The molecule has 1 aromatic carbocycles. The fourth-order valence-corrected chi connectivity index (χ4v) is 5.06. The van der Waals surface area contributed by atoms with Crippen molar-refractivity contribution >= 4 is 5.91 Å². The smallest absolute Gasteiger partial charge is 0.239 e. The number of rotatable bonds is 3. The number of benzene rings is 1. The summed E-state index contributed by atoms with van der Waals surface area (Å²) in [5.41, 5.74) is 6.70. The summed E-state index contributed by atoms with van der Waals surface area (Å²) in [4.78, 5) is 14.5. The van der Waals surface area contributed by atoms with E-state index in [4.69, 9.17) is 19.9 Å². The van der Waals surface area contributed by atoms with Gasteiger partial charge in [-0.05, 0) is 39.2 Å². The first kappa shape index (κ1) is 19.5. The molecule has 1 amide bonds. The molecule has 2 saturated heterocycles. The van der Waals surface area contributed by atoms with E-state index in [0.717, 1.165) is 43.0 Å². The number of nitrogens with zero attached hydrogens (tertiary/aromatic N) is 1. The lowest BCUT2D eigenvalue weighted by atomic mass is 9.70. The zero-order chi connectivity index (χ0) is 20.1.